The van der Waals surface area contributed by atoms with E-state index in [-0.39, 0.29) is 5.78 Å². The number of carbonyl (C=O) groups excluding carboxylic acids is 1. The Morgan fingerprint density at radius 1 is 1.31 bits per heavy atom. The third-order valence-electron chi connectivity index (χ3n) is 3.45. The highest BCUT2D eigenvalue weighted by Crippen LogP contribution is 2.33. The highest BCUT2D eigenvalue weighted by Gasteiger charge is 2.19. The molecule has 0 heterocycles. The molecule has 0 amide bonds. The van der Waals surface area contributed by atoms with Crippen LogP contribution in [0.4, 0.5) is 0 Å². The Kier molecular flexibility index (Phi) is 2.99. The zero-order chi connectivity index (χ0) is 11.7. The molecule has 2 heteroatoms. The number of aryl methyl sites for hydroxylation is 1. The first-order chi connectivity index (χ1) is 7.65. The fourth-order valence-corrected chi connectivity index (χ4v) is 2.62. The number of fused-ring (bicyclic) bond motifs is 1. The van der Waals surface area contributed by atoms with Crippen LogP contribution in [0.3, 0.4) is 0 Å². The smallest absolute Gasteiger partial charge is 0.163 e. The quantitative estimate of drug-likeness (QED) is 0.713. The van der Waals surface area contributed by atoms with Crippen LogP contribution in [0.1, 0.15) is 46.8 Å². The maximum atomic E-state index is 11.6. The molecular weight excluding hydrogens is 200 g/mol. The number of hydrogen-bond acceptors (Lipinski definition) is 2. The molecule has 0 radical (unpaired) electrons. The highest BCUT2D eigenvalue weighted by atomic mass is 16.5. The normalized spacial score (nSPS) is 14.4. The summed E-state index contributed by atoms with van der Waals surface area (Å²) in [5, 5.41) is 0. The summed E-state index contributed by atoms with van der Waals surface area (Å²) in [4.78, 5) is 11.6. The van der Waals surface area contributed by atoms with Gasteiger partial charge in [-0.15, -0.1) is 0 Å². The van der Waals surface area contributed by atoms with Crippen LogP contribution in [0, 0.1) is 6.92 Å². The van der Waals surface area contributed by atoms with Gasteiger partial charge < -0.3 is 4.74 Å². The van der Waals surface area contributed by atoms with E-state index in [1.165, 1.54) is 24.0 Å². The fraction of sp³-hybridized carbons (Fsp3) is 0.500. The molecule has 0 aromatic heterocycles. The summed E-state index contributed by atoms with van der Waals surface area (Å²) in [5.41, 5.74) is 4.63. The lowest BCUT2D eigenvalue weighted by atomic mass is 9.86. The maximum absolute atomic E-state index is 11.6. The monoisotopic (exact) mass is 218 g/mol. The van der Waals surface area contributed by atoms with E-state index in [1.807, 2.05) is 6.07 Å². The van der Waals surface area contributed by atoms with Gasteiger partial charge in [-0.2, -0.15) is 0 Å². The topological polar surface area (TPSA) is 26.3 Å². The number of methoxy groups -OCH3 is 1. The van der Waals surface area contributed by atoms with Gasteiger partial charge in [0.2, 0.25) is 0 Å². The minimum absolute atomic E-state index is 0.0910. The van der Waals surface area contributed by atoms with Gasteiger partial charge in [0.1, 0.15) is 5.75 Å². The molecule has 1 aromatic carbocycles. The summed E-state index contributed by atoms with van der Waals surface area (Å²) < 4.78 is 5.38. The first-order valence-corrected chi connectivity index (χ1v) is 5.85. The lowest BCUT2D eigenvalue weighted by molar-refractivity contribution is 0.101. The standard InChI is InChI=1S/C14H18O2/c1-9-12-7-5-4-6-11(12)8-13(10(2)15)14(9)16-3/h8H,4-7H2,1-3H3. The molecule has 0 N–H and O–H groups in total. The molecule has 0 saturated carbocycles. The summed E-state index contributed by atoms with van der Waals surface area (Å²) >= 11 is 0. The van der Waals surface area contributed by atoms with Crippen molar-refractivity contribution in [3.05, 3.63) is 28.3 Å². The molecule has 16 heavy (non-hydrogen) atoms. The molecule has 1 aliphatic rings. The molecule has 1 aromatic rings. The molecule has 0 saturated heterocycles. The number of ether oxygens (including phenoxy) is 1. The average Bonchev–Trinajstić information content (AvgIpc) is 2.29. The van der Waals surface area contributed by atoms with Crippen molar-refractivity contribution >= 4 is 5.78 Å². The SMILES string of the molecule is COc1c(C(C)=O)cc2c(c1C)CCCC2. The first kappa shape index (κ1) is 11.2. The minimum Gasteiger partial charge on any atom is -0.496 e. The van der Waals surface area contributed by atoms with Crippen LogP contribution in [-0.2, 0) is 12.8 Å². The Hall–Kier alpha value is -1.31. The molecular formula is C14H18O2. The predicted octanol–water partition coefficient (Wildman–Crippen LogP) is 3.09. The Morgan fingerprint density at radius 3 is 2.62 bits per heavy atom. The summed E-state index contributed by atoms with van der Waals surface area (Å²) in [6.45, 7) is 3.67. The van der Waals surface area contributed by atoms with Crippen molar-refractivity contribution in [2.75, 3.05) is 7.11 Å². The van der Waals surface area contributed by atoms with Gasteiger partial charge >= 0.3 is 0 Å². The second-order valence-corrected chi connectivity index (χ2v) is 4.48. The summed E-state index contributed by atoms with van der Waals surface area (Å²) in [7, 11) is 1.64. The molecule has 0 spiro atoms. The molecule has 0 atom stereocenters. The van der Waals surface area contributed by atoms with Crippen molar-refractivity contribution in [3.8, 4) is 5.75 Å². The first-order valence-electron chi connectivity index (χ1n) is 5.85. The van der Waals surface area contributed by atoms with Gasteiger partial charge in [-0.25, -0.2) is 0 Å². The molecule has 0 aliphatic heterocycles. The van der Waals surface area contributed by atoms with Gasteiger partial charge in [-0.1, -0.05) is 0 Å². The molecule has 0 bridgehead atoms. The van der Waals surface area contributed by atoms with Crippen LogP contribution >= 0.6 is 0 Å². The molecule has 0 unspecified atom stereocenters. The lowest BCUT2D eigenvalue weighted by Gasteiger charge is -2.21. The van der Waals surface area contributed by atoms with Crippen molar-refractivity contribution in [2.24, 2.45) is 0 Å². The second kappa shape index (κ2) is 4.28. The van der Waals surface area contributed by atoms with E-state index >= 15 is 0 Å². The Balaban J connectivity index is 2.64. The lowest BCUT2D eigenvalue weighted by Crippen LogP contribution is -2.10. The van der Waals surface area contributed by atoms with Gasteiger partial charge in [-0.05, 0) is 62.3 Å². The predicted molar refractivity (Wildman–Crippen MR) is 64.4 cm³/mol. The number of ketones is 1. The average molecular weight is 218 g/mol. The van der Waals surface area contributed by atoms with Gasteiger partial charge in [0.15, 0.2) is 5.78 Å². The van der Waals surface area contributed by atoms with Crippen LogP contribution in [0.2, 0.25) is 0 Å². The Morgan fingerprint density at radius 2 is 2.00 bits per heavy atom. The van der Waals surface area contributed by atoms with E-state index in [0.29, 0.717) is 0 Å². The zero-order valence-electron chi connectivity index (χ0n) is 10.2. The Bertz CT molecular complexity index is 433. The van der Waals surface area contributed by atoms with Gasteiger partial charge in [0.05, 0.1) is 12.7 Å². The minimum atomic E-state index is 0.0910. The molecule has 2 nitrogen and oxygen atoms in total. The molecule has 2 rings (SSSR count). The van der Waals surface area contributed by atoms with Gasteiger partial charge in [0, 0.05) is 0 Å². The number of hydrogen-bond donors (Lipinski definition) is 0. The van der Waals surface area contributed by atoms with Crippen LogP contribution in [0.15, 0.2) is 6.07 Å². The Labute approximate surface area is 96.6 Å². The highest BCUT2D eigenvalue weighted by molar-refractivity contribution is 5.97. The van der Waals surface area contributed by atoms with Crippen LogP contribution < -0.4 is 4.74 Å². The number of carbonyl (C=O) groups is 1. The van der Waals surface area contributed by atoms with E-state index in [2.05, 4.69) is 6.92 Å². The molecule has 1 aliphatic carbocycles. The van der Waals surface area contributed by atoms with E-state index in [4.69, 9.17) is 4.74 Å². The van der Waals surface area contributed by atoms with Crippen LogP contribution in [-0.4, -0.2) is 12.9 Å². The van der Waals surface area contributed by atoms with Crippen molar-refractivity contribution in [1.82, 2.24) is 0 Å². The van der Waals surface area contributed by atoms with E-state index in [0.717, 1.165) is 29.7 Å². The van der Waals surface area contributed by atoms with Crippen LogP contribution in [0.5, 0.6) is 5.75 Å². The van der Waals surface area contributed by atoms with Gasteiger partial charge in [-0.3, -0.25) is 4.79 Å². The summed E-state index contributed by atoms with van der Waals surface area (Å²) in [5.74, 6) is 0.862. The fourth-order valence-electron chi connectivity index (χ4n) is 2.62. The number of rotatable bonds is 2. The van der Waals surface area contributed by atoms with E-state index in [1.54, 1.807) is 14.0 Å². The third kappa shape index (κ3) is 1.73. The zero-order valence-corrected chi connectivity index (χ0v) is 10.2. The second-order valence-electron chi connectivity index (χ2n) is 4.48. The van der Waals surface area contributed by atoms with E-state index in [9.17, 15) is 4.79 Å². The molecule has 86 valence electrons. The number of Topliss-reactive ketones (excluding diaryl/α,β-unsaturated/α-hetero) is 1. The number of benzene rings is 1. The maximum Gasteiger partial charge on any atom is 0.163 e. The largest absolute Gasteiger partial charge is 0.496 e. The van der Waals surface area contributed by atoms with Crippen molar-refractivity contribution in [1.29, 1.82) is 0 Å². The van der Waals surface area contributed by atoms with Crippen molar-refractivity contribution in [2.45, 2.75) is 39.5 Å². The van der Waals surface area contributed by atoms with Crippen molar-refractivity contribution in [3.63, 3.8) is 0 Å². The molecule has 0 fully saturated rings. The summed E-state index contributed by atoms with van der Waals surface area (Å²) in [6.07, 6.45) is 4.70. The van der Waals surface area contributed by atoms with Gasteiger partial charge in [0.25, 0.3) is 0 Å². The summed E-state index contributed by atoms with van der Waals surface area (Å²) in [6, 6.07) is 2.03. The van der Waals surface area contributed by atoms with E-state index < -0.39 is 0 Å². The third-order valence-corrected chi connectivity index (χ3v) is 3.45. The van der Waals surface area contributed by atoms with Crippen LogP contribution in [0.25, 0.3) is 0 Å². The van der Waals surface area contributed by atoms with Crippen molar-refractivity contribution < 1.29 is 9.53 Å².